The predicted octanol–water partition coefficient (Wildman–Crippen LogP) is 5.94. The number of aromatic nitrogens is 2. The maximum Gasteiger partial charge on any atom is 0.278 e. The van der Waals surface area contributed by atoms with E-state index >= 15 is 0 Å². The zero-order valence-corrected chi connectivity index (χ0v) is 19.1. The molecule has 1 amide bonds. The molecule has 0 unspecified atom stereocenters. The molecule has 0 atom stereocenters. The van der Waals surface area contributed by atoms with Crippen molar-refractivity contribution >= 4 is 23.1 Å². The Kier molecular flexibility index (Phi) is 6.79. The highest BCUT2D eigenvalue weighted by Crippen LogP contribution is 2.24. The molecule has 164 valence electrons. The van der Waals surface area contributed by atoms with Gasteiger partial charge in [-0.15, -0.1) is 0 Å². The first-order valence-electron chi connectivity index (χ1n) is 10.5. The number of aliphatic hydroxyl groups excluding tert-OH is 1. The lowest BCUT2D eigenvalue weighted by Crippen LogP contribution is -2.26. The molecule has 2 aromatic carbocycles. The zero-order valence-electron chi connectivity index (χ0n) is 19.1. The number of aryl methyl sites for hydroxylation is 3. The van der Waals surface area contributed by atoms with E-state index in [0.29, 0.717) is 16.9 Å². The average molecular weight is 428 g/mol. The SMILES string of the molecule is C=C/C=C(/c1ccc(C)c(C)c1)n1nc(C(=O)N(C)c2ccc(C(=C)O)cc2)cc1CC. The monoisotopic (exact) mass is 427 g/mol. The van der Waals surface area contributed by atoms with E-state index in [0.717, 1.165) is 23.4 Å². The molecule has 0 saturated heterocycles. The van der Waals surface area contributed by atoms with Crippen molar-refractivity contribution < 1.29 is 9.90 Å². The van der Waals surface area contributed by atoms with Crippen LogP contribution in [0.3, 0.4) is 0 Å². The Balaban J connectivity index is 1.99. The van der Waals surface area contributed by atoms with Crippen molar-refractivity contribution in [3.63, 3.8) is 0 Å². The summed E-state index contributed by atoms with van der Waals surface area (Å²) in [6.07, 6.45) is 4.36. The van der Waals surface area contributed by atoms with Crippen LogP contribution in [-0.2, 0) is 6.42 Å². The van der Waals surface area contributed by atoms with E-state index in [-0.39, 0.29) is 11.7 Å². The fraction of sp³-hybridized carbons (Fsp3) is 0.185. The number of carbonyl (C=O) groups excluding carboxylic acids is 1. The minimum Gasteiger partial charge on any atom is -0.508 e. The number of allylic oxidation sites excluding steroid dienone is 2. The summed E-state index contributed by atoms with van der Waals surface area (Å²) in [6.45, 7) is 13.6. The van der Waals surface area contributed by atoms with Crippen LogP contribution in [0, 0.1) is 13.8 Å². The third-order valence-electron chi connectivity index (χ3n) is 5.56. The fourth-order valence-electron chi connectivity index (χ4n) is 3.45. The van der Waals surface area contributed by atoms with Crippen LogP contribution in [0.1, 0.15) is 45.4 Å². The fourth-order valence-corrected chi connectivity index (χ4v) is 3.45. The molecule has 0 aliphatic rings. The molecule has 0 aliphatic carbocycles. The Bertz CT molecular complexity index is 1200. The summed E-state index contributed by atoms with van der Waals surface area (Å²) >= 11 is 0. The van der Waals surface area contributed by atoms with Gasteiger partial charge in [-0.25, -0.2) is 4.68 Å². The highest BCUT2D eigenvalue weighted by atomic mass is 16.3. The lowest BCUT2D eigenvalue weighted by molar-refractivity contribution is 0.0988. The molecule has 1 heterocycles. The zero-order chi connectivity index (χ0) is 23.4. The van der Waals surface area contributed by atoms with Crippen molar-refractivity contribution in [1.82, 2.24) is 9.78 Å². The molecule has 1 aromatic heterocycles. The van der Waals surface area contributed by atoms with Crippen molar-refractivity contribution in [3.8, 4) is 0 Å². The van der Waals surface area contributed by atoms with Gasteiger partial charge in [0.15, 0.2) is 5.69 Å². The first-order chi connectivity index (χ1) is 15.3. The molecule has 0 bridgehead atoms. The molecule has 5 nitrogen and oxygen atoms in total. The summed E-state index contributed by atoms with van der Waals surface area (Å²) in [7, 11) is 1.71. The lowest BCUT2D eigenvalue weighted by atomic mass is 10.0. The van der Waals surface area contributed by atoms with Gasteiger partial charge in [0.1, 0.15) is 5.76 Å². The topological polar surface area (TPSA) is 58.4 Å². The number of hydrogen-bond donors (Lipinski definition) is 1. The van der Waals surface area contributed by atoms with E-state index in [1.54, 1.807) is 42.3 Å². The van der Waals surface area contributed by atoms with Gasteiger partial charge in [0, 0.05) is 29.6 Å². The van der Waals surface area contributed by atoms with Crippen molar-refractivity contribution in [2.45, 2.75) is 27.2 Å². The number of carbonyl (C=O) groups is 1. The molecular formula is C27H29N3O2. The number of nitrogens with zero attached hydrogens (tertiary/aromatic N) is 3. The van der Waals surface area contributed by atoms with Crippen LogP contribution in [0.4, 0.5) is 5.69 Å². The van der Waals surface area contributed by atoms with Gasteiger partial charge >= 0.3 is 0 Å². The van der Waals surface area contributed by atoms with Gasteiger partial charge in [-0.1, -0.05) is 38.3 Å². The Labute approximate surface area is 189 Å². The van der Waals surface area contributed by atoms with Gasteiger partial charge < -0.3 is 10.0 Å². The molecule has 0 radical (unpaired) electrons. The predicted molar refractivity (Wildman–Crippen MR) is 132 cm³/mol. The summed E-state index contributed by atoms with van der Waals surface area (Å²) in [5.41, 5.74) is 6.89. The molecule has 3 aromatic rings. The molecule has 3 rings (SSSR count). The van der Waals surface area contributed by atoms with Gasteiger partial charge in [0.05, 0.1) is 5.70 Å². The smallest absolute Gasteiger partial charge is 0.278 e. The van der Waals surface area contributed by atoms with Gasteiger partial charge in [-0.2, -0.15) is 5.10 Å². The second kappa shape index (κ2) is 9.52. The van der Waals surface area contributed by atoms with Crippen LogP contribution in [-0.4, -0.2) is 27.8 Å². The van der Waals surface area contributed by atoms with E-state index < -0.39 is 0 Å². The lowest BCUT2D eigenvalue weighted by Gasteiger charge is -2.16. The molecule has 32 heavy (non-hydrogen) atoms. The van der Waals surface area contributed by atoms with Crippen LogP contribution in [0.2, 0.25) is 0 Å². The maximum atomic E-state index is 13.2. The van der Waals surface area contributed by atoms with Gasteiger partial charge in [-0.05, 0) is 73.9 Å². The standard InChI is InChI=1S/C27H29N3O2/c1-7-9-26(22-11-10-18(3)19(4)16-22)30-23(8-2)17-25(28-30)27(32)29(6)24-14-12-21(13-15-24)20(5)31/h7,9-17,31H,1,5,8H2,2-4,6H3/b26-9-. The molecule has 0 aliphatic heterocycles. The minimum absolute atomic E-state index is 0.00950. The van der Waals surface area contributed by atoms with Crippen LogP contribution in [0.5, 0.6) is 0 Å². The summed E-state index contributed by atoms with van der Waals surface area (Å²) < 4.78 is 1.83. The van der Waals surface area contributed by atoms with Crippen LogP contribution < -0.4 is 4.90 Å². The first-order valence-corrected chi connectivity index (χ1v) is 10.5. The number of hydrogen-bond acceptors (Lipinski definition) is 3. The van der Waals surface area contributed by atoms with Crippen LogP contribution in [0.15, 0.2) is 73.8 Å². The third kappa shape index (κ3) is 4.57. The summed E-state index contributed by atoms with van der Waals surface area (Å²) in [5.74, 6) is -0.225. The van der Waals surface area contributed by atoms with Gasteiger partial charge in [-0.3, -0.25) is 4.79 Å². The normalized spacial score (nSPS) is 11.3. The van der Waals surface area contributed by atoms with Gasteiger partial charge in [0.2, 0.25) is 0 Å². The number of anilines is 1. The molecule has 0 fully saturated rings. The van der Waals surface area contributed by atoms with Crippen molar-refractivity contribution in [3.05, 3.63) is 107 Å². The molecule has 0 saturated carbocycles. The highest BCUT2D eigenvalue weighted by molar-refractivity contribution is 6.04. The van der Waals surface area contributed by atoms with E-state index in [9.17, 15) is 9.90 Å². The van der Waals surface area contributed by atoms with Crippen LogP contribution >= 0.6 is 0 Å². The summed E-state index contributed by atoms with van der Waals surface area (Å²) in [4.78, 5) is 14.7. The first kappa shape index (κ1) is 22.8. The molecule has 5 heteroatoms. The second-order valence-electron chi connectivity index (χ2n) is 7.73. The van der Waals surface area contributed by atoms with Gasteiger partial charge in [0.25, 0.3) is 5.91 Å². The van der Waals surface area contributed by atoms with E-state index in [1.165, 1.54) is 11.1 Å². The summed E-state index contributed by atoms with van der Waals surface area (Å²) in [5, 5.41) is 14.2. The van der Waals surface area contributed by atoms with E-state index in [1.807, 2.05) is 23.7 Å². The quantitative estimate of drug-likeness (QED) is 0.375. The Morgan fingerprint density at radius 2 is 1.75 bits per heavy atom. The number of rotatable bonds is 7. The number of benzene rings is 2. The van der Waals surface area contributed by atoms with Crippen molar-refractivity contribution in [2.75, 3.05) is 11.9 Å². The Hall–Kier alpha value is -3.86. The number of aliphatic hydroxyl groups is 1. The maximum absolute atomic E-state index is 13.2. The Morgan fingerprint density at radius 3 is 2.31 bits per heavy atom. The molecular weight excluding hydrogens is 398 g/mol. The van der Waals surface area contributed by atoms with Crippen LogP contribution in [0.25, 0.3) is 11.5 Å². The average Bonchev–Trinajstić information content (AvgIpc) is 3.22. The van der Waals surface area contributed by atoms with Crippen molar-refractivity contribution in [1.29, 1.82) is 0 Å². The largest absolute Gasteiger partial charge is 0.508 e. The van der Waals surface area contributed by atoms with Crippen molar-refractivity contribution in [2.24, 2.45) is 0 Å². The molecule has 1 N–H and O–H groups in total. The van der Waals surface area contributed by atoms with E-state index in [4.69, 9.17) is 0 Å². The minimum atomic E-state index is -0.216. The third-order valence-corrected chi connectivity index (χ3v) is 5.56. The highest BCUT2D eigenvalue weighted by Gasteiger charge is 2.20. The summed E-state index contributed by atoms with van der Waals surface area (Å²) in [6, 6.07) is 15.1. The molecule has 0 spiro atoms. The second-order valence-corrected chi connectivity index (χ2v) is 7.73. The van der Waals surface area contributed by atoms with E-state index in [2.05, 4.69) is 50.3 Å². The Morgan fingerprint density at radius 1 is 1.09 bits per heavy atom. The number of amides is 1.